The lowest BCUT2D eigenvalue weighted by molar-refractivity contribution is -0.149. The van der Waals surface area contributed by atoms with Gasteiger partial charge in [-0.3, -0.25) is 0 Å². The molecule has 4 N–H and O–H groups in total. The van der Waals surface area contributed by atoms with E-state index < -0.39 is 31.2 Å². The number of aliphatic hydroxyl groups excluding tert-OH is 4. The topological polar surface area (TPSA) is 90.2 Å². The van der Waals surface area contributed by atoms with E-state index in [0.717, 1.165) is 0 Å². The van der Waals surface area contributed by atoms with Crippen LogP contribution in [0.15, 0.2) is 0 Å². The van der Waals surface area contributed by atoms with Crippen molar-refractivity contribution in [1.29, 1.82) is 0 Å². The Morgan fingerprint density at radius 2 is 2.09 bits per heavy atom. The van der Waals surface area contributed by atoms with Crippen LogP contribution in [0.5, 0.6) is 0 Å². The van der Waals surface area contributed by atoms with Crippen molar-refractivity contribution in [1.82, 2.24) is 0 Å². The summed E-state index contributed by atoms with van der Waals surface area (Å²) in [6.07, 6.45) is -3.72. The molecule has 4 atom stereocenters. The van der Waals surface area contributed by atoms with Gasteiger partial charge in [0.05, 0.1) is 12.7 Å². The first kappa shape index (κ1) is 8.89. The fourth-order valence-corrected chi connectivity index (χ4v) is 1.05. The van der Waals surface area contributed by atoms with E-state index in [9.17, 15) is 0 Å². The number of hydrogen-bond donors (Lipinski definition) is 4. The minimum Gasteiger partial charge on any atom is -0.394 e. The van der Waals surface area contributed by atoms with E-state index >= 15 is 0 Å². The van der Waals surface area contributed by atoms with Gasteiger partial charge in [-0.2, -0.15) is 0 Å². The largest absolute Gasteiger partial charge is 0.394 e. The second-order valence-electron chi connectivity index (χ2n) is 2.62. The first-order chi connectivity index (χ1) is 5.15. The highest BCUT2D eigenvalue weighted by molar-refractivity contribution is 4.80. The summed E-state index contributed by atoms with van der Waals surface area (Å²) in [7, 11) is 0. The van der Waals surface area contributed by atoms with E-state index in [1.165, 1.54) is 0 Å². The SMILES string of the molecule is OC[C@@H](O)[C@@H]1C[C@H](O)[C@H](O)O1. The predicted molar refractivity (Wildman–Crippen MR) is 34.6 cm³/mol. The third kappa shape index (κ3) is 1.88. The molecule has 5 heteroatoms. The number of rotatable bonds is 2. The van der Waals surface area contributed by atoms with E-state index in [-0.39, 0.29) is 6.42 Å². The quantitative estimate of drug-likeness (QED) is 0.372. The first-order valence-electron chi connectivity index (χ1n) is 3.45. The molecule has 0 bridgehead atoms. The molecule has 0 saturated carbocycles. The van der Waals surface area contributed by atoms with E-state index in [1.54, 1.807) is 0 Å². The van der Waals surface area contributed by atoms with Gasteiger partial charge >= 0.3 is 0 Å². The lowest BCUT2D eigenvalue weighted by atomic mass is 10.1. The van der Waals surface area contributed by atoms with Gasteiger partial charge in [-0.15, -0.1) is 0 Å². The summed E-state index contributed by atoms with van der Waals surface area (Å²) < 4.78 is 4.72. The summed E-state index contributed by atoms with van der Waals surface area (Å²) in [5.41, 5.74) is 0. The van der Waals surface area contributed by atoms with Gasteiger partial charge in [0.1, 0.15) is 12.2 Å². The zero-order chi connectivity index (χ0) is 8.43. The molecule has 0 aliphatic carbocycles. The maximum atomic E-state index is 9.00. The smallest absolute Gasteiger partial charge is 0.181 e. The molecule has 0 unspecified atom stereocenters. The number of hydrogen-bond acceptors (Lipinski definition) is 5. The Balaban J connectivity index is 2.40. The Labute approximate surface area is 63.8 Å². The van der Waals surface area contributed by atoms with Crippen molar-refractivity contribution in [3.05, 3.63) is 0 Å². The van der Waals surface area contributed by atoms with Crippen molar-refractivity contribution >= 4 is 0 Å². The average Bonchev–Trinajstić information content (AvgIpc) is 2.31. The van der Waals surface area contributed by atoms with Crippen molar-refractivity contribution in [2.45, 2.75) is 31.0 Å². The molecule has 0 aromatic rings. The highest BCUT2D eigenvalue weighted by Gasteiger charge is 2.36. The fraction of sp³-hybridized carbons (Fsp3) is 1.00. The third-order valence-electron chi connectivity index (χ3n) is 1.73. The second-order valence-corrected chi connectivity index (χ2v) is 2.62. The van der Waals surface area contributed by atoms with Crippen LogP contribution >= 0.6 is 0 Å². The van der Waals surface area contributed by atoms with Gasteiger partial charge in [-0.1, -0.05) is 0 Å². The highest BCUT2D eigenvalue weighted by atomic mass is 16.6. The molecule has 1 heterocycles. The van der Waals surface area contributed by atoms with Crippen LogP contribution in [0.3, 0.4) is 0 Å². The molecule has 0 aromatic carbocycles. The summed E-state index contributed by atoms with van der Waals surface area (Å²) in [5.74, 6) is 0. The van der Waals surface area contributed by atoms with Crippen LogP contribution in [0.4, 0.5) is 0 Å². The van der Waals surface area contributed by atoms with Crippen LogP contribution in [0, 0.1) is 0 Å². The summed E-state index contributed by atoms with van der Waals surface area (Å²) in [5, 5.41) is 35.3. The number of aliphatic hydroxyl groups is 4. The summed E-state index contributed by atoms with van der Waals surface area (Å²) in [6.45, 7) is -0.426. The fourth-order valence-electron chi connectivity index (χ4n) is 1.05. The van der Waals surface area contributed by atoms with Crippen molar-refractivity contribution in [3.63, 3.8) is 0 Å². The van der Waals surface area contributed by atoms with Crippen molar-refractivity contribution in [3.8, 4) is 0 Å². The van der Waals surface area contributed by atoms with Gasteiger partial charge in [-0.05, 0) is 0 Å². The van der Waals surface area contributed by atoms with Crippen LogP contribution in [-0.2, 0) is 4.74 Å². The van der Waals surface area contributed by atoms with Crippen LogP contribution in [0.1, 0.15) is 6.42 Å². The average molecular weight is 164 g/mol. The van der Waals surface area contributed by atoms with Gasteiger partial charge in [0.25, 0.3) is 0 Å². The maximum absolute atomic E-state index is 9.00. The van der Waals surface area contributed by atoms with Crippen molar-refractivity contribution in [2.75, 3.05) is 6.61 Å². The third-order valence-corrected chi connectivity index (χ3v) is 1.73. The van der Waals surface area contributed by atoms with E-state index in [1.807, 2.05) is 0 Å². The molecule has 0 amide bonds. The van der Waals surface area contributed by atoms with E-state index in [4.69, 9.17) is 25.2 Å². The number of ether oxygens (including phenoxy) is 1. The molecule has 1 fully saturated rings. The Kier molecular flexibility index (Phi) is 2.80. The Bertz CT molecular complexity index is 118. The highest BCUT2D eigenvalue weighted by Crippen LogP contribution is 2.20. The molecule has 1 saturated heterocycles. The van der Waals surface area contributed by atoms with Crippen LogP contribution in [-0.4, -0.2) is 51.6 Å². The van der Waals surface area contributed by atoms with Gasteiger partial charge in [-0.25, -0.2) is 0 Å². The predicted octanol–water partition coefficient (Wildman–Crippen LogP) is -2.19. The second kappa shape index (κ2) is 3.46. The van der Waals surface area contributed by atoms with Crippen LogP contribution in [0.25, 0.3) is 0 Å². The lowest BCUT2D eigenvalue weighted by Gasteiger charge is -2.14. The van der Waals surface area contributed by atoms with Crippen molar-refractivity contribution < 1.29 is 25.2 Å². The Hall–Kier alpha value is -0.200. The Morgan fingerprint density at radius 1 is 1.45 bits per heavy atom. The molecule has 5 nitrogen and oxygen atoms in total. The van der Waals surface area contributed by atoms with Crippen molar-refractivity contribution in [2.24, 2.45) is 0 Å². The molecule has 0 radical (unpaired) electrons. The zero-order valence-corrected chi connectivity index (χ0v) is 5.92. The molecule has 0 spiro atoms. The van der Waals surface area contributed by atoms with E-state index in [0.29, 0.717) is 0 Å². The van der Waals surface area contributed by atoms with Crippen LogP contribution < -0.4 is 0 Å². The van der Waals surface area contributed by atoms with Gasteiger partial charge in [0, 0.05) is 6.42 Å². The minimum absolute atomic E-state index is 0.156. The van der Waals surface area contributed by atoms with Gasteiger partial charge in [0.15, 0.2) is 6.29 Å². The molecule has 1 aliphatic heterocycles. The standard InChI is InChI=1S/C6H12O5/c7-2-4(9)5-1-3(8)6(10)11-5/h3-10H,1-2H2/t3-,4+,5-,6+/m0/s1. The first-order valence-corrected chi connectivity index (χ1v) is 3.45. The Morgan fingerprint density at radius 3 is 2.45 bits per heavy atom. The molecule has 11 heavy (non-hydrogen) atoms. The molecule has 0 aromatic heterocycles. The maximum Gasteiger partial charge on any atom is 0.181 e. The normalized spacial score (nSPS) is 40.9. The van der Waals surface area contributed by atoms with Crippen LogP contribution in [0.2, 0.25) is 0 Å². The monoisotopic (exact) mass is 164 g/mol. The molecular formula is C6H12O5. The molecule has 1 aliphatic rings. The molecular weight excluding hydrogens is 152 g/mol. The zero-order valence-electron chi connectivity index (χ0n) is 5.92. The lowest BCUT2D eigenvalue weighted by Crippen LogP contribution is -2.29. The van der Waals surface area contributed by atoms with Gasteiger partial charge in [0.2, 0.25) is 0 Å². The van der Waals surface area contributed by atoms with E-state index in [2.05, 4.69) is 0 Å². The molecule has 66 valence electrons. The minimum atomic E-state index is -1.24. The summed E-state index contributed by atoms with van der Waals surface area (Å²) in [4.78, 5) is 0. The molecule has 1 rings (SSSR count). The summed E-state index contributed by atoms with van der Waals surface area (Å²) in [6, 6.07) is 0. The van der Waals surface area contributed by atoms with Gasteiger partial charge < -0.3 is 25.2 Å². The summed E-state index contributed by atoms with van der Waals surface area (Å²) >= 11 is 0.